The first kappa shape index (κ1) is 18.2. The number of rotatable bonds is 11. The fourth-order valence-electron chi connectivity index (χ4n) is 1.62. The molecule has 6 nitrogen and oxygen atoms in total. The third-order valence-electron chi connectivity index (χ3n) is 2.55. The smallest absolute Gasteiger partial charge is 0.220 e. The van der Waals surface area contributed by atoms with Crippen LogP contribution in [-0.4, -0.2) is 61.5 Å². The molecule has 0 aliphatic rings. The average molecular weight is 289 g/mol. The molecule has 0 aliphatic carbocycles. The van der Waals surface area contributed by atoms with E-state index < -0.39 is 0 Å². The van der Waals surface area contributed by atoms with E-state index in [1.165, 1.54) is 11.8 Å². The van der Waals surface area contributed by atoms with E-state index in [-0.39, 0.29) is 11.1 Å². The largest absolute Gasteiger partial charge is 0.379 e. The number of likely N-dealkylation sites (N-methyl/N-ethyl adjacent to an activating group) is 1. The van der Waals surface area contributed by atoms with Gasteiger partial charge in [0, 0.05) is 38.4 Å². The highest BCUT2D eigenvalue weighted by atomic mass is 32.2. The molecule has 0 radical (unpaired) electrons. The number of nitrogens with one attached hydrogen (secondary N) is 3. The van der Waals surface area contributed by atoms with Crippen LogP contribution < -0.4 is 16.4 Å². The Bertz CT molecular complexity index is 263. The van der Waals surface area contributed by atoms with Gasteiger partial charge >= 0.3 is 0 Å². The van der Waals surface area contributed by atoms with Gasteiger partial charge in [-0.2, -0.15) is 0 Å². The van der Waals surface area contributed by atoms with Crippen molar-refractivity contribution in [2.45, 2.75) is 19.8 Å². The predicted molar refractivity (Wildman–Crippen MR) is 82.7 cm³/mol. The van der Waals surface area contributed by atoms with Gasteiger partial charge in [0.05, 0.1) is 0 Å². The highest BCUT2D eigenvalue weighted by Gasteiger charge is 2.05. The van der Waals surface area contributed by atoms with Gasteiger partial charge < -0.3 is 21.3 Å². The number of nitrogens with two attached hydrogens (primary N) is 1. The van der Waals surface area contributed by atoms with Crippen molar-refractivity contribution < 1.29 is 4.79 Å². The Kier molecular flexibility index (Phi) is 11.7. The molecule has 112 valence electrons. The molecule has 0 aromatic carbocycles. The van der Waals surface area contributed by atoms with Crippen molar-refractivity contribution in [1.29, 1.82) is 5.41 Å². The van der Waals surface area contributed by atoms with Crippen LogP contribution in [0.3, 0.4) is 0 Å². The molecule has 0 fully saturated rings. The van der Waals surface area contributed by atoms with Crippen LogP contribution in [-0.2, 0) is 4.79 Å². The topological polar surface area (TPSA) is 94.2 Å². The predicted octanol–water partition coefficient (Wildman–Crippen LogP) is 0.0508. The molecule has 0 aromatic heterocycles. The number of nitrogens with zero attached hydrogens (tertiary/aromatic N) is 1. The Morgan fingerprint density at radius 2 is 2.00 bits per heavy atom. The number of hydrogen-bond acceptors (Lipinski definition) is 5. The van der Waals surface area contributed by atoms with Gasteiger partial charge in [-0.1, -0.05) is 18.7 Å². The summed E-state index contributed by atoms with van der Waals surface area (Å²) < 4.78 is 0. The standard InChI is InChI=1S/C12H27N5OS/c1-3-7-17(8-5-15-2)9-6-16-11(18)4-10-19-12(13)14/h15H,3-10H2,1-2H3,(H3,13,14)(H,16,18). The van der Waals surface area contributed by atoms with E-state index in [4.69, 9.17) is 11.1 Å². The van der Waals surface area contributed by atoms with Crippen LogP contribution in [0.25, 0.3) is 0 Å². The molecule has 0 atom stereocenters. The van der Waals surface area contributed by atoms with Gasteiger partial charge in [0.1, 0.15) is 0 Å². The molecule has 7 heteroatoms. The van der Waals surface area contributed by atoms with Crippen LogP contribution >= 0.6 is 11.8 Å². The zero-order chi connectivity index (χ0) is 14.5. The Balaban J connectivity index is 3.66. The van der Waals surface area contributed by atoms with Gasteiger partial charge in [-0.15, -0.1) is 0 Å². The summed E-state index contributed by atoms with van der Waals surface area (Å²) in [6.45, 7) is 6.72. The lowest BCUT2D eigenvalue weighted by atomic mass is 10.3. The van der Waals surface area contributed by atoms with Crippen LogP contribution in [0.1, 0.15) is 19.8 Å². The molecule has 0 spiro atoms. The van der Waals surface area contributed by atoms with Gasteiger partial charge in [-0.25, -0.2) is 0 Å². The quantitative estimate of drug-likeness (QED) is 0.318. The number of carbonyl (C=O) groups is 1. The molecule has 0 unspecified atom stereocenters. The summed E-state index contributed by atoms with van der Waals surface area (Å²) in [6.07, 6.45) is 1.53. The van der Waals surface area contributed by atoms with Crippen molar-refractivity contribution in [3.8, 4) is 0 Å². The van der Waals surface area contributed by atoms with Gasteiger partial charge in [0.15, 0.2) is 5.17 Å². The maximum absolute atomic E-state index is 11.5. The van der Waals surface area contributed by atoms with E-state index in [2.05, 4.69) is 22.5 Å². The molecule has 0 rings (SSSR count). The molecule has 0 heterocycles. The lowest BCUT2D eigenvalue weighted by Gasteiger charge is -2.21. The number of carbonyl (C=O) groups excluding carboxylic acids is 1. The minimum atomic E-state index is 0.0267. The lowest BCUT2D eigenvalue weighted by Crippen LogP contribution is -2.38. The highest BCUT2D eigenvalue weighted by molar-refractivity contribution is 8.13. The summed E-state index contributed by atoms with van der Waals surface area (Å²) in [5.41, 5.74) is 5.20. The molecule has 0 saturated heterocycles. The van der Waals surface area contributed by atoms with Crippen LogP contribution in [0.4, 0.5) is 0 Å². The Hall–Kier alpha value is -0.790. The normalized spacial score (nSPS) is 10.7. The zero-order valence-corrected chi connectivity index (χ0v) is 12.8. The molecule has 0 aliphatic heterocycles. The van der Waals surface area contributed by atoms with Gasteiger partial charge in [0.25, 0.3) is 0 Å². The molecule has 0 aromatic rings. The number of hydrogen-bond donors (Lipinski definition) is 4. The van der Waals surface area contributed by atoms with Crippen LogP contribution in [0, 0.1) is 5.41 Å². The summed E-state index contributed by atoms with van der Waals surface area (Å²) in [7, 11) is 1.94. The minimum absolute atomic E-state index is 0.0267. The summed E-state index contributed by atoms with van der Waals surface area (Å²) >= 11 is 1.20. The average Bonchev–Trinajstić information content (AvgIpc) is 2.35. The van der Waals surface area contributed by atoms with Gasteiger partial charge in [0.2, 0.25) is 5.91 Å². The Labute approximate surface area is 120 Å². The number of amidine groups is 1. The second kappa shape index (κ2) is 12.3. The zero-order valence-electron chi connectivity index (χ0n) is 12.0. The number of thioether (sulfide) groups is 1. The summed E-state index contributed by atoms with van der Waals surface area (Å²) in [6, 6.07) is 0. The van der Waals surface area contributed by atoms with E-state index in [0.29, 0.717) is 18.7 Å². The molecular formula is C12H27N5OS. The van der Waals surface area contributed by atoms with E-state index >= 15 is 0 Å². The Morgan fingerprint density at radius 3 is 2.58 bits per heavy atom. The first-order valence-corrected chi connectivity index (χ1v) is 7.69. The SMILES string of the molecule is CCCN(CCNC)CCNC(=O)CCSC(=N)N. The van der Waals surface area contributed by atoms with Crippen LogP contribution in [0.15, 0.2) is 0 Å². The number of amides is 1. The second-order valence-electron chi connectivity index (χ2n) is 4.26. The maximum Gasteiger partial charge on any atom is 0.220 e. The molecular weight excluding hydrogens is 262 g/mol. The fourth-order valence-corrected chi connectivity index (χ4v) is 2.12. The van der Waals surface area contributed by atoms with Crippen LogP contribution in [0.5, 0.6) is 0 Å². The first-order chi connectivity index (χ1) is 9.10. The molecule has 19 heavy (non-hydrogen) atoms. The second-order valence-corrected chi connectivity index (χ2v) is 5.39. The molecule has 1 amide bonds. The van der Waals surface area contributed by atoms with Crippen molar-refractivity contribution >= 4 is 22.8 Å². The molecule has 0 bridgehead atoms. The van der Waals surface area contributed by atoms with Crippen molar-refractivity contribution in [1.82, 2.24) is 15.5 Å². The van der Waals surface area contributed by atoms with Crippen molar-refractivity contribution in [3.63, 3.8) is 0 Å². The Morgan fingerprint density at radius 1 is 1.32 bits per heavy atom. The van der Waals surface area contributed by atoms with Gasteiger partial charge in [-0.05, 0) is 20.0 Å². The van der Waals surface area contributed by atoms with E-state index in [1.807, 2.05) is 7.05 Å². The maximum atomic E-state index is 11.5. The first-order valence-electron chi connectivity index (χ1n) is 6.70. The minimum Gasteiger partial charge on any atom is -0.379 e. The fraction of sp³-hybridized carbons (Fsp3) is 0.833. The van der Waals surface area contributed by atoms with E-state index in [0.717, 1.165) is 32.6 Å². The monoisotopic (exact) mass is 289 g/mol. The van der Waals surface area contributed by atoms with Crippen molar-refractivity contribution in [2.24, 2.45) is 5.73 Å². The summed E-state index contributed by atoms with van der Waals surface area (Å²) in [5, 5.41) is 13.1. The molecule has 0 saturated carbocycles. The van der Waals surface area contributed by atoms with E-state index in [9.17, 15) is 4.79 Å². The summed E-state index contributed by atoms with van der Waals surface area (Å²) in [4.78, 5) is 13.8. The molecule has 5 N–H and O–H groups in total. The highest BCUT2D eigenvalue weighted by Crippen LogP contribution is 1.99. The summed E-state index contributed by atoms with van der Waals surface area (Å²) in [5.74, 6) is 0.596. The van der Waals surface area contributed by atoms with Crippen LogP contribution in [0.2, 0.25) is 0 Å². The third kappa shape index (κ3) is 12.0. The van der Waals surface area contributed by atoms with E-state index in [1.54, 1.807) is 0 Å². The van der Waals surface area contributed by atoms with Crippen molar-refractivity contribution in [3.05, 3.63) is 0 Å². The van der Waals surface area contributed by atoms with Crippen molar-refractivity contribution in [2.75, 3.05) is 45.5 Å². The third-order valence-corrected chi connectivity index (χ3v) is 3.27. The lowest BCUT2D eigenvalue weighted by molar-refractivity contribution is -0.120. The van der Waals surface area contributed by atoms with Gasteiger partial charge in [-0.3, -0.25) is 10.2 Å².